The fourth-order valence-electron chi connectivity index (χ4n) is 2.19. The van der Waals surface area contributed by atoms with Crippen LogP contribution in [0.5, 0.6) is 0 Å². The minimum Gasteiger partial charge on any atom is -0.340 e. The molecule has 0 unspecified atom stereocenters. The van der Waals surface area contributed by atoms with Crippen molar-refractivity contribution in [2.75, 3.05) is 0 Å². The van der Waals surface area contributed by atoms with E-state index >= 15 is 0 Å². The first-order valence-corrected chi connectivity index (χ1v) is 6.90. The van der Waals surface area contributed by atoms with Gasteiger partial charge in [0.2, 0.25) is 6.29 Å². The van der Waals surface area contributed by atoms with Gasteiger partial charge in [0, 0.05) is 5.56 Å². The highest BCUT2D eigenvalue weighted by molar-refractivity contribution is 5.16. The van der Waals surface area contributed by atoms with Crippen molar-refractivity contribution in [3.8, 4) is 0 Å². The summed E-state index contributed by atoms with van der Waals surface area (Å²) in [4.78, 5) is 10.9. The standard InChI is InChI=1S/C16H22O3/c1-4-5-11-14-15(12(2)3)18-19-16(17-14)13-9-7-6-8-10-13/h6-10,14-16H,2,4-5,11H2,1,3H3/t14-,15-,16-/m1/s1. The molecule has 0 radical (unpaired) electrons. The maximum atomic E-state index is 6.04. The summed E-state index contributed by atoms with van der Waals surface area (Å²) in [5.74, 6) is 0. The van der Waals surface area contributed by atoms with Gasteiger partial charge in [-0.25, -0.2) is 4.89 Å². The molecule has 0 bridgehead atoms. The molecule has 1 aliphatic heterocycles. The van der Waals surface area contributed by atoms with Crippen molar-refractivity contribution >= 4 is 0 Å². The zero-order valence-corrected chi connectivity index (χ0v) is 11.7. The van der Waals surface area contributed by atoms with E-state index in [2.05, 4.69) is 13.5 Å². The molecule has 3 nitrogen and oxygen atoms in total. The van der Waals surface area contributed by atoms with Crippen LogP contribution in [0.25, 0.3) is 0 Å². The van der Waals surface area contributed by atoms with Gasteiger partial charge < -0.3 is 4.74 Å². The van der Waals surface area contributed by atoms with E-state index in [4.69, 9.17) is 14.5 Å². The third-order valence-electron chi connectivity index (χ3n) is 3.28. The second-order valence-electron chi connectivity index (χ2n) is 5.02. The van der Waals surface area contributed by atoms with Gasteiger partial charge in [0.25, 0.3) is 0 Å². The predicted octanol–water partition coefficient (Wildman–Crippen LogP) is 4.17. The van der Waals surface area contributed by atoms with E-state index in [0.717, 1.165) is 30.4 Å². The Morgan fingerprint density at radius 1 is 1.21 bits per heavy atom. The maximum absolute atomic E-state index is 6.04. The van der Waals surface area contributed by atoms with Crippen molar-refractivity contribution in [2.24, 2.45) is 0 Å². The fourth-order valence-corrected chi connectivity index (χ4v) is 2.19. The Morgan fingerprint density at radius 3 is 2.58 bits per heavy atom. The molecular weight excluding hydrogens is 240 g/mol. The number of hydrogen-bond acceptors (Lipinski definition) is 3. The molecule has 0 N–H and O–H groups in total. The fraction of sp³-hybridized carbons (Fsp3) is 0.500. The van der Waals surface area contributed by atoms with E-state index < -0.39 is 6.29 Å². The molecular formula is C16H22O3. The summed E-state index contributed by atoms with van der Waals surface area (Å²) in [5.41, 5.74) is 1.91. The Morgan fingerprint density at radius 2 is 1.95 bits per heavy atom. The number of ether oxygens (including phenoxy) is 1. The third kappa shape index (κ3) is 3.66. The van der Waals surface area contributed by atoms with E-state index in [1.807, 2.05) is 37.3 Å². The maximum Gasteiger partial charge on any atom is 0.217 e. The normalized spacial score (nSPS) is 27.2. The van der Waals surface area contributed by atoms with Gasteiger partial charge >= 0.3 is 0 Å². The molecule has 19 heavy (non-hydrogen) atoms. The molecule has 3 atom stereocenters. The van der Waals surface area contributed by atoms with Crippen molar-refractivity contribution in [3.05, 3.63) is 48.0 Å². The molecule has 1 aromatic carbocycles. The quantitative estimate of drug-likeness (QED) is 0.589. The first kappa shape index (κ1) is 14.3. The SMILES string of the molecule is C=C(C)[C@H]1OO[C@H](c2ccccc2)O[C@@H]1CCCC. The minimum absolute atomic E-state index is 0.0106. The average Bonchev–Trinajstić information content (AvgIpc) is 2.45. The molecule has 0 aliphatic carbocycles. The number of unbranched alkanes of at least 4 members (excludes halogenated alkanes) is 1. The highest BCUT2D eigenvalue weighted by Gasteiger charge is 2.34. The molecule has 1 aliphatic rings. The summed E-state index contributed by atoms with van der Waals surface area (Å²) >= 11 is 0. The second-order valence-corrected chi connectivity index (χ2v) is 5.02. The highest BCUT2D eigenvalue weighted by atomic mass is 17.2. The van der Waals surface area contributed by atoms with Crippen LogP contribution in [0.2, 0.25) is 0 Å². The smallest absolute Gasteiger partial charge is 0.217 e. The molecule has 1 aromatic rings. The first-order chi connectivity index (χ1) is 9.22. The van der Waals surface area contributed by atoms with E-state index in [0.29, 0.717) is 0 Å². The molecule has 3 heteroatoms. The lowest BCUT2D eigenvalue weighted by Gasteiger charge is -2.35. The number of hydrogen-bond donors (Lipinski definition) is 0. The molecule has 1 saturated heterocycles. The second kappa shape index (κ2) is 6.85. The van der Waals surface area contributed by atoms with Crippen LogP contribution in [0.4, 0.5) is 0 Å². The van der Waals surface area contributed by atoms with Crippen LogP contribution < -0.4 is 0 Å². The Kier molecular flexibility index (Phi) is 5.14. The predicted molar refractivity (Wildman–Crippen MR) is 74.4 cm³/mol. The topological polar surface area (TPSA) is 27.7 Å². The van der Waals surface area contributed by atoms with E-state index in [1.54, 1.807) is 0 Å². The molecule has 104 valence electrons. The lowest BCUT2D eigenvalue weighted by molar-refractivity contribution is -0.456. The summed E-state index contributed by atoms with van der Waals surface area (Å²) < 4.78 is 6.04. The van der Waals surface area contributed by atoms with Crippen molar-refractivity contribution < 1.29 is 14.5 Å². The molecule has 2 rings (SSSR count). The van der Waals surface area contributed by atoms with Crippen molar-refractivity contribution in [2.45, 2.75) is 51.6 Å². The van der Waals surface area contributed by atoms with Crippen LogP contribution in [0, 0.1) is 0 Å². The van der Waals surface area contributed by atoms with Crippen molar-refractivity contribution in [3.63, 3.8) is 0 Å². The van der Waals surface area contributed by atoms with Gasteiger partial charge in [-0.05, 0) is 18.9 Å². The van der Waals surface area contributed by atoms with Crippen LogP contribution >= 0.6 is 0 Å². The monoisotopic (exact) mass is 262 g/mol. The van der Waals surface area contributed by atoms with Gasteiger partial charge in [0.1, 0.15) is 6.10 Å². The van der Waals surface area contributed by atoms with Gasteiger partial charge in [-0.3, -0.25) is 0 Å². The Bertz CT molecular complexity index is 402. The number of rotatable bonds is 5. The summed E-state index contributed by atoms with van der Waals surface area (Å²) in [6.45, 7) is 8.06. The first-order valence-electron chi connectivity index (χ1n) is 6.90. The van der Waals surface area contributed by atoms with Crippen LogP contribution in [0.3, 0.4) is 0 Å². The van der Waals surface area contributed by atoms with Gasteiger partial charge in [0.15, 0.2) is 0 Å². The third-order valence-corrected chi connectivity index (χ3v) is 3.28. The van der Waals surface area contributed by atoms with Gasteiger partial charge in [-0.1, -0.05) is 56.7 Å². The van der Waals surface area contributed by atoms with Gasteiger partial charge in [-0.15, -0.1) is 0 Å². The zero-order chi connectivity index (χ0) is 13.7. The average molecular weight is 262 g/mol. The Labute approximate surface area is 115 Å². The lowest BCUT2D eigenvalue weighted by atomic mass is 10.0. The zero-order valence-electron chi connectivity index (χ0n) is 11.7. The van der Waals surface area contributed by atoms with Crippen molar-refractivity contribution in [1.29, 1.82) is 0 Å². The minimum atomic E-state index is -0.446. The molecule has 0 spiro atoms. The molecule has 1 heterocycles. The van der Waals surface area contributed by atoms with Crippen LogP contribution in [0.15, 0.2) is 42.5 Å². The summed E-state index contributed by atoms with van der Waals surface area (Å²) in [5, 5.41) is 0. The summed E-state index contributed by atoms with van der Waals surface area (Å²) in [6, 6.07) is 9.86. The lowest BCUT2D eigenvalue weighted by Crippen LogP contribution is -2.39. The van der Waals surface area contributed by atoms with E-state index in [9.17, 15) is 0 Å². The van der Waals surface area contributed by atoms with Crippen LogP contribution in [-0.2, 0) is 14.5 Å². The van der Waals surface area contributed by atoms with Gasteiger partial charge in [0.05, 0.1) is 6.10 Å². The molecule has 0 saturated carbocycles. The van der Waals surface area contributed by atoms with Crippen LogP contribution in [-0.4, -0.2) is 12.2 Å². The van der Waals surface area contributed by atoms with E-state index in [1.165, 1.54) is 0 Å². The van der Waals surface area contributed by atoms with E-state index in [-0.39, 0.29) is 12.2 Å². The van der Waals surface area contributed by atoms with Crippen molar-refractivity contribution in [1.82, 2.24) is 0 Å². The largest absolute Gasteiger partial charge is 0.340 e. The highest BCUT2D eigenvalue weighted by Crippen LogP contribution is 2.32. The summed E-state index contributed by atoms with van der Waals surface area (Å²) in [7, 11) is 0. The Balaban J connectivity index is 2.05. The molecule has 1 fully saturated rings. The van der Waals surface area contributed by atoms with Gasteiger partial charge in [-0.2, -0.15) is 4.89 Å². The molecule has 0 amide bonds. The number of benzene rings is 1. The Hall–Kier alpha value is -1.16. The molecule has 0 aromatic heterocycles. The summed E-state index contributed by atoms with van der Waals surface area (Å²) in [6.07, 6.45) is 2.60. The van der Waals surface area contributed by atoms with Crippen LogP contribution in [0.1, 0.15) is 45.0 Å².